The first-order chi connectivity index (χ1) is 16.7. The van der Waals surface area contributed by atoms with Crippen molar-refractivity contribution in [2.24, 2.45) is 0 Å². The molecule has 8 heteroatoms. The molecule has 1 amide bonds. The summed E-state index contributed by atoms with van der Waals surface area (Å²) in [5.74, 6) is 1.22. The Morgan fingerprint density at radius 1 is 1.18 bits per heavy atom. The topological polar surface area (TPSA) is 76.0 Å². The zero-order valence-corrected chi connectivity index (χ0v) is 20.1. The molecule has 0 bridgehead atoms. The van der Waals surface area contributed by atoms with Gasteiger partial charge in [0.2, 0.25) is 5.91 Å². The number of amides is 1. The Balaban J connectivity index is 1.37. The predicted molar refractivity (Wildman–Crippen MR) is 135 cm³/mol. The Bertz CT molecular complexity index is 1250. The molecule has 1 aliphatic rings. The van der Waals surface area contributed by atoms with Crippen LogP contribution in [0.4, 0.5) is 0 Å². The van der Waals surface area contributed by atoms with Crippen LogP contribution >= 0.6 is 11.8 Å². The lowest BCUT2D eigenvalue weighted by molar-refractivity contribution is -0.128. The van der Waals surface area contributed by atoms with Crippen LogP contribution < -0.4 is 0 Å². The average Bonchev–Trinajstić information content (AvgIpc) is 3.62. The highest BCUT2D eigenvalue weighted by molar-refractivity contribution is 7.99. The molecule has 1 atom stereocenters. The van der Waals surface area contributed by atoms with Crippen LogP contribution in [0, 0.1) is 0 Å². The van der Waals surface area contributed by atoms with Gasteiger partial charge in [-0.3, -0.25) is 9.36 Å². The second-order valence-electron chi connectivity index (χ2n) is 8.48. The molecule has 0 radical (unpaired) electrons. The van der Waals surface area contributed by atoms with Crippen LogP contribution in [-0.4, -0.2) is 55.6 Å². The number of ether oxygens (including phenoxy) is 1. The molecule has 4 aromatic rings. The number of aromatic nitrogens is 4. The third kappa shape index (κ3) is 4.88. The zero-order chi connectivity index (χ0) is 23.3. The number of para-hydroxylation sites is 1. The van der Waals surface area contributed by atoms with Gasteiger partial charge >= 0.3 is 0 Å². The van der Waals surface area contributed by atoms with Crippen LogP contribution in [0.3, 0.4) is 0 Å². The van der Waals surface area contributed by atoms with E-state index in [-0.39, 0.29) is 12.0 Å². The average molecular weight is 476 g/mol. The fraction of sp³-hybridized carbons (Fsp3) is 0.346. The first-order valence-electron chi connectivity index (χ1n) is 11.8. The van der Waals surface area contributed by atoms with Gasteiger partial charge in [0.15, 0.2) is 11.0 Å². The summed E-state index contributed by atoms with van der Waals surface area (Å²) < 4.78 is 8.04. The Kier molecular flexibility index (Phi) is 6.97. The number of nitrogens with one attached hydrogen (secondary N) is 1. The quantitative estimate of drug-likeness (QED) is 0.354. The lowest BCUT2D eigenvalue weighted by Gasteiger charge is -2.21. The molecule has 5 rings (SSSR count). The number of thioether (sulfide) groups is 1. The van der Waals surface area contributed by atoms with Gasteiger partial charge in [-0.1, -0.05) is 60.3 Å². The first-order valence-corrected chi connectivity index (χ1v) is 12.8. The number of carbonyl (C=O) groups is 1. The van der Waals surface area contributed by atoms with Gasteiger partial charge in [0, 0.05) is 42.4 Å². The number of aromatic amines is 1. The highest BCUT2D eigenvalue weighted by atomic mass is 32.2. The second kappa shape index (κ2) is 10.4. The SMILES string of the molecule is CCN(Cc1ccccc1)C(=O)CSc1nnc(-c2c[nH]c3ccccc23)n1CC1CCCO1. The van der Waals surface area contributed by atoms with E-state index in [1.807, 2.05) is 48.4 Å². The summed E-state index contributed by atoms with van der Waals surface area (Å²) in [5.41, 5.74) is 3.21. The standard InChI is InChI=1S/C26H29N5O2S/c1-2-30(16-19-9-4-3-5-10-19)24(32)18-34-26-29-28-25(31(26)17-20-11-8-14-33-20)22-15-27-23-13-7-6-12-21(22)23/h3-7,9-10,12-13,15,20,27H,2,8,11,14,16-18H2,1H3. The molecule has 1 fully saturated rings. The van der Waals surface area contributed by atoms with E-state index in [4.69, 9.17) is 4.74 Å². The summed E-state index contributed by atoms with van der Waals surface area (Å²) in [4.78, 5) is 18.2. The van der Waals surface area contributed by atoms with E-state index in [0.29, 0.717) is 25.4 Å². The Morgan fingerprint density at radius 2 is 2.00 bits per heavy atom. The van der Waals surface area contributed by atoms with Crippen LogP contribution in [0.25, 0.3) is 22.3 Å². The van der Waals surface area contributed by atoms with Crippen LogP contribution in [0.15, 0.2) is 66.0 Å². The van der Waals surface area contributed by atoms with E-state index in [2.05, 4.69) is 44.0 Å². The van der Waals surface area contributed by atoms with Crippen molar-refractivity contribution in [3.63, 3.8) is 0 Å². The summed E-state index contributed by atoms with van der Waals surface area (Å²) in [6.07, 6.45) is 4.22. The Morgan fingerprint density at radius 3 is 2.79 bits per heavy atom. The number of hydrogen-bond donors (Lipinski definition) is 1. The van der Waals surface area contributed by atoms with Crippen LogP contribution in [-0.2, 0) is 22.6 Å². The van der Waals surface area contributed by atoms with Gasteiger partial charge in [-0.15, -0.1) is 10.2 Å². The summed E-state index contributed by atoms with van der Waals surface area (Å²) in [5, 5.41) is 10.9. The number of rotatable bonds is 9. The molecular formula is C26H29N5O2S. The smallest absolute Gasteiger partial charge is 0.233 e. The van der Waals surface area contributed by atoms with E-state index in [0.717, 1.165) is 52.5 Å². The van der Waals surface area contributed by atoms with Gasteiger partial charge in [0.1, 0.15) is 0 Å². The molecule has 0 spiro atoms. The van der Waals surface area contributed by atoms with E-state index in [1.54, 1.807) is 0 Å². The van der Waals surface area contributed by atoms with Gasteiger partial charge in [0.05, 0.1) is 18.4 Å². The van der Waals surface area contributed by atoms with E-state index >= 15 is 0 Å². The number of hydrogen-bond acceptors (Lipinski definition) is 5. The molecular weight excluding hydrogens is 446 g/mol. The molecule has 1 aliphatic heterocycles. The highest BCUT2D eigenvalue weighted by Crippen LogP contribution is 2.31. The molecule has 1 unspecified atom stereocenters. The second-order valence-corrected chi connectivity index (χ2v) is 9.42. The van der Waals surface area contributed by atoms with Crippen molar-refractivity contribution in [2.75, 3.05) is 18.9 Å². The molecule has 2 aromatic heterocycles. The predicted octanol–water partition coefficient (Wildman–Crippen LogP) is 4.75. The highest BCUT2D eigenvalue weighted by Gasteiger charge is 2.24. The van der Waals surface area contributed by atoms with Gasteiger partial charge in [-0.05, 0) is 31.4 Å². The third-order valence-corrected chi connectivity index (χ3v) is 7.18. The molecule has 2 aromatic carbocycles. The maximum atomic E-state index is 13.0. The van der Waals surface area contributed by atoms with Crippen LogP contribution in [0.1, 0.15) is 25.3 Å². The Labute approximate surface area is 203 Å². The number of nitrogens with zero attached hydrogens (tertiary/aromatic N) is 4. The maximum absolute atomic E-state index is 13.0. The van der Waals surface area contributed by atoms with Crippen molar-refractivity contribution in [3.8, 4) is 11.4 Å². The molecule has 176 valence electrons. The molecule has 3 heterocycles. The van der Waals surface area contributed by atoms with Crippen molar-refractivity contribution in [1.29, 1.82) is 0 Å². The molecule has 1 saturated heterocycles. The van der Waals surface area contributed by atoms with Gasteiger partial charge in [-0.2, -0.15) is 0 Å². The van der Waals surface area contributed by atoms with Crippen molar-refractivity contribution in [3.05, 3.63) is 66.4 Å². The maximum Gasteiger partial charge on any atom is 0.233 e. The van der Waals surface area contributed by atoms with E-state index in [9.17, 15) is 4.79 Å². The zero-order valence-electron chi connectivity index (χ0n) is 19.3. The van der Waals surface area contributed by atoms with Crippen molar-refractivity contribution < 1.29 is 9.53 Å². The molecule has 34 heavy (non-hydrogen) atoms. The summed E-state index contributed by atoms with van der Waals surface area (Å²) in [6.45, 7) is 4.76. The fourth-order valence-corrected chi connectivity index (χ4v) is 5.26. The molecule has 0 saturated carbocycles. The lowest BCUT2D eigenvalue weighted by Crippen LogP contribution is -2.31. The minimum atomic E-state index is 0.0941. The largest absolute Gasteiger partial charge is 0.376 e. The lowest BCUT2D eigenvalue weighted by atomic mass is 10.1. The van der Waals surface area contributed by atoms with Crippen molar-refractivity contribution in [2.45, 2.75) is 44.1 Å². The number of benzene rings is 2. The monoisotopic (exact) mass is 475 g/mol. The summed E-state index contributed by atoms with van der Waals surface area (Å²) >= 11 is 1.45. The van der Waals surface area contributed by atoms with Gasteiger partial charge in [-0.25, -0.2) is 0 Å². The minimum Gasteiger partial charge on any atom is -0.376 e. The van der Waals surface area contributed by atoms with E-state index < -0.39 is 0 Å². The third-order valence-electron chi connectivity index (χ3n) is 6.23. The Hall–Kier alpha value is -3.10. The molecule has 7 nitrogen and oxygen atoms in total. The minimum absolute atomic E-state index is 0.0941. The summed E-state index contributed by atoms with van der Waals surface area (Å²) in [7, 11) is 0. The van der Waals surface area contributed by atoms with Crippen molar-refractivity contribution >= 4 is 28.6 Å². The normalized spacial score (nSPS) is 15.7. The fourth-order valence-electron chi connectivity index (χ4n) is 4.41. The number of H-pyrrole nitrogens is 1. The van der Waals surface area contributed by atoms with Crippen LogP contribution in [0.2, 0.25) is 0 Å². The molecule has 0 aliphatic carbocycles. The summed E-state index contributed by atoms with van der Waals surface area (Å²) in [6, 6.07) is 18.3. The number of carbonyl (C=O) groups excluding carboxylic acids is 1. The number of fused-ring (bicyclic) bond motifs is 1. The van der Waals surface area contributed by atoms with Gasteiger partial charge < -0.3 is 14.6 Å². The van der Waals surface area contributed by atoms with Crippen LogP contribution in [0.5, 0.6) is 0 Å². The first kappa shape index (κ1) is 22.7. The molecule has 1 N–H and O–H groups in total. The van der Waals surface area contributed by atoms with E-state index in [1.165, 1.54) is 11.8 Å². The van der Waals surface area contributed by atoms with Gasteiger partial charge in [0.25, 0.3) is 0 Å². The van der Waals surface area contributed by atoms with Crippen molar-refractivity contribution in [1.82, 2.24) is 24.6 Å².